The SMILES string of the molecule is CCc1cc(NC(=O)c2ccc([N+](=O)[O-])n2C)n[nH]1. The minimum atomic E-state index is -0.541. The number of aryl methyl sites for hydroxylation is 1. The van der Waals surface area contributed by atoms with Crippen LogP contribution >= 0.6 is 0 Å². The van der Waals surface area contributed by atoms with Gasteiger partial charge in [0.05, 0.1) is 7.05 Å². The third-order valence-corrected chi connectivity index (χ3v) is 2.77. The summed E-state index contributed by atoms with van der Waals surface area (Å²) in [6.07, 6.45) is 0.776. The van der Waals surface area contributed by atoms with Crippen LogP contribution in [0.4, 0.5) is 11.6 Å². The molecule has 8 heteroatoms. The molecule has 1 amide bonds. The van der Waals surface area contributed by atoms with Crippen molar-refractivity contribution < 1.29 is 9.72 Å². The molecule has 0 saturated carbocycles. The Balaban J connectivity index is 2.18. The van der Waals surface area contributed by atoms with E-state index in [0.717, 1.165) is 12.1 Å². The molecule has 0 aromatic carbocycles. The van der Waals surface area contributed by atoms with Gasteiger partial charge >= 0.3 is 5.82 Å². The number of anilines is 1. The summed E-state index contributed by atoms with van der Waals surface area (Å²) in [7, 11) is 1.47. The maximum atomic E-state index is 12.0. The van der Waals surface area contributed by atoms with Crippen LogP contribution in [0, 0.1) is 10.1 Å². The third kappa shape index (κ3) is 2.46. The first-order valence-electron chi connectivity index (χ1n) is 5.68. The minimum Gasteiger partial charge on any atom is -0.358 e. The molecule has 0 radical (unpaired) electrons. The number of nitrogens with zero attached hydrogens (tertiary/aromatic N) is 3. The quantitative estimate of drug-likeness (QED) is 0.643. The molecule has 8 nitrogen and oxygen atoms in total. The summed E-state index contributed by atoms with van der Waals surface area (Å²) in [5.41, 5.74) is 1.10. The van der Waals surface area contributed by atoms with Gasteiger partial charge < -0.3 is 15.4 Å². The monoisotopic (exact) mass is 263 g/mol. The molecule has 0 aliphatic rings. The molecule has 2 aromatic rings. The Morgan fingerprint density at radius 2 is 2.32 bits per heavy atom. The summed E-state index contributed by atoms with van der Waals surface area (Å²) in [5, 5.41) is 20.0. The molecule has 0 saturated heterocycles. The van der Waals surface area contributed by atoms with Gasteiger partial charge in [-0.15, -0.1) is 0 Å². The maximum Gasteiger partial charge on any atom is 0.323 e. The van der Waals surface area contributed by atoms with Gasteiger partial charge in [0.25, 0.3) is 5.91 Å². The molecule has 0 aliphatic carbocycles. The van der Waals surface area contributed by atoms with Gasteiger partial charge in [-0.3, -0.25) is 9.89 Å². The first-order chi connectivity index (χ1) is 9.02. The molecule has 2 rings (SSSR count). The molecule has 2 aromatic heterocycles. The molecule has 19 heavy (non-hydrogen) atoms. The predicted molar refractivity (Wildman–Crippen MR) is 68.0 cm³/mol. The summed E-state index contributed by atoms with van der Waals surface area (Å²) < 4.78 is 1.22. The van der Waals surface area contributed by atoms with Crippen LogP contribution in [0.25, 0.3) is 0 Å². The predicted octanol–water partition coefficient (Wildman–Crippen LogP) is 1.47. The van der Waals surface area contributed by atoms with E-state index in [4.69, 9.17) is 0 Å². The highest BCUT2D eigenvalue weighted by Crippen LogP contribution is 2.16. The van der Waals surface area contributed by atoms with Crippen molar-refractivity contribution in [2.45, 2.75) is 13.3 Å². The van der Waals surface area contributed by atoms with Crippen LogP contribution in [0.2, 0.25) is 0 Å². The molecule has 0 atom stereocenters. The zero-order chi connectivity index (χ0) is 14.0. The van der Waals surface area contributed by atoms with Crippen molar-refractivity contribution in [3.05, 3.63) is 39.7 Å². The molecule has 0 fully saturated rings. The maximum absolute atomic E-state index is 12.0. The number of carbonyl (C=O) groups excluding carboxylic acids is 1. The number of carbonyl (C=O) groups is 1. The number of nitro groups is 1. The van der Waals surface area contributed by atoms with Crippen molar-refractivity contribution in [2.75, 3.05) is 5.32 Å². The minimum absolute atomic E-state index is 0.138. The van der Waals surface area contributed by atoms with Crippen LogP contribution in [0.1, 0.15) is 23.1 Å². The molecule has 0 unspecified atom stereocenters. The van der Waals surface area contributed by atoms with E-state index in [-0.39, 0.29) is 11.5 Å². The Bertz CT molecular complexity index is 628. The fourth-order valence-corrected chi connectivity index (χ4v) is 1.70. The second kappa shape index (κ2) is 4.92. The van der Waals surface area contributed by atoms with Crippen molar-refractivity contribution in [1.29, 1.82) is 0 Å². The Kier molecular flexibility index (Phi) is 3.32. The number of rotatable bonds is 4. The van der Waals surface area contributed by atoms with Gasteiger partial charge in [-0.1, -0.05) is 6.92 Å². The number of hydrogen-bond acceptors (Lipinski definition) is 4. The average Bonchev–Trinajstić information content (AvgIpc) is 2.95. The Morgan fingerprint density at radius 3 is 2.84 bits per heavy atom. The summed E-state index contributed by atoms with van der Waals surface area (Å²) in [6, 6.07) is 4.41. The van der Waals surface area contributed by atoms with Crippen LogP contribution < -0.4 is 5.32 Å². The fourth-order valence-electron chi connectivity index (χ4n) is 1.70. The summed E-state index contributed by atoms with van der Waals surface area (Å²) >= 11 is 0. The molecule has 0 bridgehead atoms. The van der Waals surface area contributed by atoms with Gasteiger partial charge in [0.15, 0.2) is 11.5 Å². The molecule has 0 aliphatic heterocycles. The van der Waals surface area contributed by atoms with Crippen LogP contribution in [-0.2, 0) is 13.5 Å². The van der Waals surface area contributed by atoms with E-state index in [1.807, 2.05) is 6.92 Å². The van der Waals surface area contributed by atoms with Crippen molar-refractivity contribution in [1.82, 2.24) is 14.8 Å². The highest BCUT2D eigenvalue weighted by Gasteiger charge is 2.21. The Labute approximate surface area is 108 Å². The second-order valence-electron chi connectivity index (χ2n) is 3.98. The van der Waals surface area contributed by atoms with Gasteiger partial charge in [0.1, 0.15) is 0 Å². The molecule has 2 heterocycles. The zero-order valence-electron chi connectivity index (χ0n) is 10.5. The molecular weight excluding hydrogens is 250 g/mol. The van der Waals surface area contributed by atoms with Gasteiger partial charge in [0.2, 0.25) is 0 Å². The number of H-pyrrole nitrogens is 1. The van der Waals surface area contributed by atoms with Gasteiger partial charge in [0, 0.05) is 17.8 Å². The lowest BCUT2D eigenvalue weighted by Gasteiger charge is -2.00. The topological polar surface area (TPSA) is 106 Å². The van der Waals surface area contributed by atoms with Crippen molar-refractivity contribution in [3.63, 3.8) is 0 Å². The first-order valence-corrected chi connectivity index (χ1v) is 5.68. The zero-order valence-corrected chi connectivity index (χ0v) is 10.5. The van der Waals surface area contributed by atoms with Crippen LogP contribution in [0.3, 0.4) is 0 Å². The number of nitrogens with one attached hydrogen (secondary N) is 2. The van der Waals surface area contributed by atoms with Crippen LogP contribution in [-0.4, -0.2) is 25.6 Å². The third-order valence-electron chi connectivity index (χ3n) is 2.77. The first kappa shape index (κ1) is 12.8. The highest BCUT2D eigenvalue weighted by atomic mass is 16.6. The lowest BCUT2D eigenvalue weighted by molar-refractivity contribution is -0.391. The number of aromatic amines is 1. The Hall–Kier alpha value is -2.64. The van der Waals surface area contributed by atoms with Crippen molar-refractivity contribution >= 4 is 17.5 Å². The molecule has 2 N–H and O–H groups in total. The van der Waals surface area contributed by atoms with E-state index in [0.29, 0.717) is 5.82 Å². The Morgan fingerprint density at radius 1 is 1.58 bits per heavy atom. The highest BCUT2D eigenvalue weighted by molar-refractivity contribution is 6.03. The summed E-state index contributed by atoms with van der Waals surface area (Å²) in [4.78, 5) is 22.1. The standard InChI is InChI=1S/C11H13N5O3/c1-3-7-6-9(14-13-7)12-11(17)8-4-5-10(15(8)2)16(18)19/h4-6H,3H2,1-2H3,(H2,12,13,14,17). The molecular formula is C11H13N5O3. The van der Waals surface area contributed by atoms with Crippen LogP contribution in [0.5, 0.6) is 0 Å². The fraction of sp³-hybridized carbons (Fsp3) is 0.273. The second-order valence-corrected chi connectivity index (χ2v) is 3.98. The van der Waals surface area contributed by atoms with E-state index in [1.54, 1.807) is 6.07 Å². The van der Waals surface area contributed by atoms with E-state index >= 15 is 0 Å². The van der Waals surface area contributed by atoms with Crippen LogP contribution in [0.15, 0.2) is 18.2 Å². The van der Waals surface area contributed by atoms with E-state index < -0.39 is 10.8 Å². The van der Waals surface area contributed by atoms with E-state index in [9.17, 15) is 14.9 Å². The van der Waals surface area contributed by atoms with E-state index in [1.165, 1.54) is 23.7 Å². The van der Waals surface area contributed by atoms with Gasteiger partial charge in [-0.2, -0.15) is 5.10 Å². The van der Waals surface area contributed by atoms with E-state index in [2.05, 4.69) is 15.5 Å². The summed E-state index contributed by atoms with van der Waals surface area (Å²) in [6.45, 7) is 1.96. The normalized spacial score (nSPS) is 10.4. The number of aromatic nitrogens is 3. The summed E-state index contributed by atoms with van der Waals surface area (Å²) in [5.74, 6) is -0.183. The average molecular weight is 263 g/mol. The van der Waals surface area contributed by atoms with Crippen molar-refractivity contribution in [2.24, 2.45) is 7.05 Å². The molecule has 0 spiro atoms. The lowest BCUT2D eigenvalue weighted by Crippen LogP contribution is -2.16. The largest absolute Gasteiger partial charge is 0.358 e. The molecule has 100 valence electrons. The smallest absolute Gasteiger partial charge is 0.323 e. The van der Waals surface area contributed by atoms with Gasteiger partial charge in [-0.25, -0.2) is 4.57 Å². The number of hydrogen-bond donors (Lipinski definition) is 2. The lowest BCUT2D eigenvalue weighted by atomic mass is 10.3. The van der Waals surface area contributed by atoms with Gasteiger partial charge in [-0.05, 0) is 17.4 Å². The van der Waals surface area contributed by atoms with Crippen molar-refractivity contribution in [3.8, 4) is 0 Å². The number of amides is 1.